The minimum Gasteiger partial charge on any atom is -0.492 e. The molecule has 25 heavy (non-hydrogen) atoms. The molecular formula is C19H33IN4O. The molecule has 6 heteroatoms. The van der Waals surface area contributed by atoms with Crippen LogP contribution in [0.2, 0.25) is 0 Å². The van der Waals surface area contributed by atoms with Gasteiger partial charge < -0.3 is 19.9 Å². The Morgan fingerprint density at radius 1 is 1.20 bits per heavy atom. The zero-order valence-electron chi connectivity index (χ0n) is 15.6. The highest BCUT2D eigenvalue weighted by atomic mass is 127. The Hall–Kier alpha value is -1.02. The number of hydrogen-bond acceptors (Lipinski definition) is 3. The van der Waals surface area contributed by atoms with E-state index in [4.69, 9.17) is 4.74 Å². The van der Waals surface area contributed by atoms with Crippen molar-refractivity contribution in [1.29, 1.82) is 0 Å². The summed E-state index contributed by atoms with van der Waals surface area (Å²) >= 11 is 0. The summed E-state index contributed by atoms with van der Waals surface area (Å²) in [5.74, 6) is 1.85. The van der Waals surface area contributed by atoms with E-state index in [1.165, 1.54) is 45.3 Å². The predicted octanol–water partition coefficient (Wildman–Crippen LogP) is 3.07. The molecule has 0 radical (unpaired) electrons. The van der Waals surface area contributed by atoms with Gasteiger partial charge in [-0.3, -0.25) is 4.99 Å². The number of aliphatic imine (C=N–C) groups is 1. The van der Waals surface area contributed by atoms with Crippen LogP contribution < -0.4 is 10.1 Å². The first kappa shape index (κ1) is 22.0. The third-order valence-corrected chi connectivity index (χ3v) is 4.39. The monoisotopic (exact) mass is 460 g/mol. The molecule has 0 amide bonds. The molecule has 1 heterocycles. The molecule has 0 spiro atoms. The van der Waals surface area contributed by atoms with Gasteiger partial charge in [0.15, 0.2) is 5.96 Å². The molecule has 0 unspecified atom stereocenters. The maximum atomic E-state index is 5.74. The minimum atomic E-state index is 0. The van der Waals surface area contributed by atoms with Gasteiger partial charge in [-0.25, -0.2) is 0 Å². The van der Waals surface area contributed by atoms with Crippen LogP contribution in [-0.4, -0.2) is 69.2 Å². The van der Waals surface area contributed by atoms with Crippen LogP contribution in [0.3, 0.4) is 0 Å². The first-order chi connectivity index (χ1) is 11.8. The smallest absolute Gasteiger partial charge is 0.193 e. The van der Waals surface area contributed by atoms with E-state index in [0.29, 0.717) is 6.61 Å². The van der Waals surface area contributed by atoms with Crippen molar-refractivity contribution >= 4 is 29.9 Å². The standard InChI is InChI=1S/C19H32N4O.HI/c1-20-19(21-12-6-7-13-23-14-8-9-15-23)22(2)16-17-24-18-10-4-3-5-11-18;/h3-5,10-11H,6-9,12-17H2,1-2H3,(H,20,21);1H. The minimum absolute atomic E-state index is 0. The average Bonchev–Trinajstić information content (AvgIpc) is 3.12. The van der Waals surface area contributed by atoms with Gasteiger partial charge >= 0.3 is 0 Å². The molecule has 1 aliphatic heterocycles. The van der Waals surface area contributed by atoms with Crippen molar-refractivity contribution in [2.24, 2.45) is 4.99 Å². The molecular weight excluding hydrogens is 427 g/mol. The van der Waals surface area contributed by atoms with Gasteiger partial charge in [-0.2, -0.15) is 0 Å². The second-order valence-corrected chi connectivity index (χ2v) is 6.31. The number of nitrogens with zero attached hydrogens (tertiary/aromatic N) is 3. The van der Waals surface area contributed by atoms with Crippen LogP contribution in [0.5, 0.6) is 5.75 Å². The van der Waals surface area contributed by atoms with Crippen molar-refractivity contribution < 1.29 is 4.74 Å². The van der Waals surface area contributed by atoms with Crippen molar-refractivity contribution in [3.8, 4) is 5.75 Å². The van der Waals surface area contributed by atoms with Crippen LogP contribution >= 0.6 is 24.0 Å². The summed E-state index contributed by atoms with van der Waals surface area (Å²) in [5, 5.41) is 3.45. The molecule has 2 rings (SSSR count). The molecule has 1 saturated heterocycles. The van der Waals surface area contributed by atoms with Crippen LogP contribution in [0.4, 0.5) is 0 Å². The van der Waals surface area contributed by atoms with Crippen molar-refractivity contribution in [1.82, 2.24) is 15.1 Å². The Bertz CT molecular complexity index is 478. The van der Waals surface area contributed by atoms with Gasteiger partial charge in [-0.15, -0.1) is 24.0 Å². The number of rotatable bonds is 9. The summed E-state index contributed by atoms with van der Waals surface area (Å²) in [6.45, 7) is 6.25. The normalized spacial score (nSPS) is 14.9. The van der Waals surface area contributed by atoms with E-state index in [0.717, 1.165) is 24.8 Å². The van der Waals surface area contributed by atoms with Gasteiger partial charge in [0, 0.05) is 20.6 Å². The number of ether oxygens (including phenoxy) is 1. The van der Waals surface area contributed by atoms with Crippen LogP contribution in [0.25, 0.3) is 0 Å². The highest BCUT2D eigenvalue weighted by Crippen LogP contribution is 2.08. The summed E-state index contributed by atoms with van der Waals surface area (Å²) < 4.78 is 5.74. The molecule has 1 fully saturated rings. The fourth-order valence-electron chi connectivity index (χ4n) is 2.97. The van der Waals surface area contributed by atoms with Crippen LogP contribution in [0.15, 0.2) is 35.3 Å². The zero-order chi connectivity index (χ0) is 17.0. The number of likely N-dealkylation sites (tertiary alicyclic amines) is 1. The van der Waals surface area contributed by atoms with E-state index >= 15 is 0 Å². The third-order valence-electron chi connectivity index (χ3n) is 4.39. The predicted molar refractivity (Wildman–Crippen MR) is 116 cm³/mol. The number of nitrogens with one attached hydrogen (secondary N) is 1. The molecule has 5 nitrogen and oxygen atoms in total. The number of hydrogen-bond donors (Lipinski definition) is 1. The van der Waals surface area contributed by atoms with E-state index in [-0.39, 0.29) is 24.0 Å². The Balaban J connectivity index is 0.00000312. The summed E-state index contributed by atoms with van der Waals surface area (Å²) in [7, 11) is 3.88. The maximum Gasteiger partial charge on any atom is 0.193 e. The Morgan fingerprint density at radius 2 is 1.92 bits per heavy atom. The van der Waals surface area contributed by atoms with Gasteiger partial charge in [-0.05, 0) is 57.5 Å². The lowest BCUT2D eigenvalue weighted by molar-refractivity contribution is 0.281. The van der Waals surface area contributed by atoms with Crippen molar-refractivity contribution in [2.75, 3.05) is 53.4 Å². The molecule has 1 aromatic rings. The molecule has 0 aromatic heterocycles. The third kappa shape index (κ3) is 8.76. The maximum absolute atomic E-state index is 5.74. The Kier molecular flexibility index (Phi) is 11.6. The second kappa shape index (κ2) is 13.2. The SMILES string of the molecule is CN=C(NCCCCN1CCCC1)N(C)CCOc1ccccc1.I. The number of likely N-dealkylation sites (N-methyl/N-ethyl adjacent to an activating group) is 1. The van der Waals surface area contributed by atoms with E-state index in [9.17, 15) is 0 Å². The van der Waals surface area contributed by atoms with Crippen LogP contribution in [0, 0.1) is 0 Å². The summed E-state index contributed by atoms with van der Waals surface area (Å²) in [5.41, 5.74) is 0. The average molecular weight is 460 g/mol. The van der Waals surface area contributed by atoms with Crippen molar-refractivity contribution in [3.63, 3.8) is 0 Å². The van der Waals surface area contributed by atoms with E-state index < -0.39 is 0 Å². The lowest BCUT2D eigenvalue weighted by Gasteiger charge is -2.22. The summed E-state index contributed by atoms with van der Waals surface area (Å²) in [6, 6.07) is 9.93. The molecule has 0 saturated carbocycles. The molecule has 0 bridgehead atoms. The summed E-state index contributed by atoms with van der Waals surface area (Å²) in [6.07, 6.45) is 5.19. The molecule has 0 aliphatic carbocycles. The Labute approximate surface area is 169 Å². The fourth-order valence-corrected chi connectivity index (χ4v) is 2.97. The number of guanidine groups is 1. The quantitative estimate of drug-likeness (QED) is 0.266. The molecule has 1 aromatic carbocycles. The van der Waals surface area contributed by atoms with Gasteiger partial charge in [0.05, 0.1) is 6.54 Å². The van der Waals surface area contributed by atoms with E-state index in [2.05, 4.69) is 20.1 Å². The molecule has 1 N–H and O–H groups in total. The van der Waals surface area contributed by atoms with Gasteiger partial charge in [0.1, 0.15) is 12.4 Å². The van der Waals surface area contributed by atoms with Crippen molar-refractivity contribution in [2.45, 2.75) is 25.7 Å². The van der Waals surface area contributed by atoms with E-state index in [1.54, 1.807) is 0 Å². The van der Waals surface area contributed by atoms with Crippen LogP contribution in [-0.2, 0) is 0 Å². The molecule has 0 atom stereocenters. The lowest BCUT2D eigenvalue weighted by atomic mass is 10.3. The number of halogens is 1. The Morgan fingerprint density at radius 3 is 2.60 bits per heavy atom. The fraction of sp³-hybridized carbons (Fsp3) is 0.632. The zero-order valence-corrected chi connectivity index (χ0v) is 17.9. The highest BCUT2D eigenvalue weighted by Gasteiger charge is 2.10. The largest absolute Gasteiger partial charge is 0.492 e. The molecule has 142 valence electrons. The van der Waals surface area contributed by atoms with Crippen LogP contribution in [0.1, 0.15) is 25.7 Å². The number of unbranched alkanes of at least 4 members (excludes halogenated alkanes) is 1. The summed E-state index contributed by atoms with van der Waals surface area (Å²) in [4.78, 5) is 9.04. The van der Waals surface area contributed by atoms with Gasteiger partial charge in [-0.1, -0.05) is 18.2 Å². The molecule has 1 aliphatic rings. The van der Waals surface area contributed by atoms with Gasteiger partial charge in [0.25, 0.3) is 0 Å². The highest BCUT2D eigenvalue weighted by molar-refractivity contribution is 14.0. The first-order valence-corrected chi connectivity index (χ1v) is 9.11. The topological polar surface area (TPSA) is 40.1 Å². The van der Waals surface area contributed by atoms with Gasteiger partial charge in [0.2, 0.25) is 0 Å². The number of benzene rings is 1. The first-order valence-electron chi connectivity index (χ1n) is 9.11. The lowest BCUT2D eigenvalue weighted by Crippen LogP contribution is -2.41. The van der Waals surface area contributed by atoms with Crippen molar-refractivity contribution in [3.05, 3.63) is 30.3 Å². The van der Waals surface area contributed by atoms with E-state index in [1.807, 2.05) is 44.4 Å². The number of para-hydroxylation sites is 1. The second-order valence-electron chi connectivity index (χ2n) is 6.31.